The molecule has 0 aliphatic rings. The predicted molar refractivity (Wildman–Crippen MR) is 438 cm³/mol. The van der Waals surface area contributed by atoms with Crippen molar-refractivity contribution >= 4 is 0 Å². The van der Waals surface area contributed by atoms with Crippen LogP contribution in [0.3, 0.4) is 0 Å². The Morgan fingerprint density at radius 3 is 0.396 bits per heavy atom. The Bertz CT molecular complexity index is 1240. The fourth-order valence-corrected chi connectivity index (χ4v) is 11.2. The molecule has 0 aromatic rings. The van der Waals surface area contributed by atoms with Crippen molar-refractivity contribution in [1.82, 2.24) is 0 Å². The molecule has 96 heavy (non-hydrogen) atoms. The molecule has 0 saturated heterocycles. The molecule has 0 amide bonds. The van der Waals surface area contributed by atoms with Crippen molar-refractivity contribution in [2.45, 2.75) is 425 Å². The van der Waals surface area contributed by atoms with E-state index in [4.69, 9.17) is 0 Å². The van der Waals surface area contributed by atoms with Gasteiger partial charge in [-0.2, -0.15) is 55.4 Å². The van der Waals surface area contributed by atoms with Crippen LogP contribution in [0, 0.1) is 124 Å². The van der Waals surface area contributed by atoms with E-state index in [2.05, 4.69) is 166 Å². The van der Waals surface area contributed by atoms with E-state index in [1.165, 1.54) is 253 Å². The standard InChI is InChI=1S/4C20H39.4C3H7.4Y/c4*1-7-18(4)12-9-14-20(6)16-10-15-19(5)13-8-11-17(2)3;4*1-3-2;;;;/h4*7,17,19-20H,1,8-16H2,2-6H3;4*3H,1-2H3;;;;/q8*-1;;;;/b4*18-7+;;;;;;;;/t2*19-,20+;2*19-,20-;;;;;;;;/m1010......../s1. The van der Waals surface area contributed by atoms with Crippen LogP contribution in [0.5, 0.6) is 0 Å². The monoisotopic (exact) mass is 1650 g/mol. The minimum Gasteiger partial charge on any atom is -0.335 e. The van der Waals surface area contributed by atoms with Gasteiger partial charge in [-0.1, -0.05) is 342 Å². The van der Waals surface area contributed by atoms with Crippen LogP contribution in [-0.4, -0.2) is 0 Å². The molecule has 0 fully saturated rings. The Balaban J connectivity index is -0.0000000912. The second-order valence-corrected chi connectivity index (χ2v) is 31.9. The van der Waals surface area contributed by atoms with Crippen LogP contribution in [0.25, 0.3) is 0 Å². The van der Waals surface area contributed by atoms with Crippen molar-refractivity contribution < 1.29 is 131 Å². The van der Waals surface area contributed by atoms with Crippen molar-refractivity contribution in [3.63, 3.8) is 0 Å². The van der Waals surface area contributed by atoms with E-state index in [1.807, 2.05) is 105 Å². The average molecular weight is 1650 g/mol. The minimum atomic E-state index is 0. The summed E-state index contributed by atoms with van der Waals surface area (Å²) < 4.78 is 0. The molecule has 8 atom stereocenters. The van der Waals surface area contributed by atoms with Gasteiger partial charge in [0.1, 0.15) is 0 Å². The minimum absolute atomic E-state index is 0. The summed E-state index contributed by atoms with van der Waals surface area (Å²) in [5, 5.41) is 0. The van der Waals surface area contributed by atoms with Crippen molar-refractivity contribution in [3.05, 3.63) is 100.0 Å². The van der Waals surface area contributed by atoms with E-state index < -0.39 is 0 Å². The van der Waals surface area contributed by atoms with Gasteiger partial charge in [-0.05, 0) is 71.0 Å². The summed E-state index contributed by atoms with van der Waals surface area (Å²) in [5.74, 6) is 10.8. The molecule has 0 aromatic heterocycles. The van der Waals surface area contributed by atoms with Gasteiger partial charge < -0.3 is 25.7 Å². The van der Waals surface area contributed by atoms with E-state index in [0.717, 1.165) is 71.0 Å². The van der Waals surface area contributed by atoms with Gasteiger partial charge in [-0.15, -0.1) is 27.7 Å². The summed E-state index contributed by atoms with van der Waals surface area (Å²) in [6.45, 7) is 78.2. The Kier molecular flexibility index (Phi) is 133. The summed E-state index contributed by atoms with van der Waals surface area (Å²) in [6.07, 6.45) is 65.9. The molecule has 4 heteroatoms. The molecule has 572 valence electrons. The van der Waals surface area contributed by atoms with E-state index in [0.29, 0.717) is 0 Å². The SMILES string of the molecule is C[CH-]C.C[CH-]C.C[CH-]C.C[CH-]C.[CH2-]/C=C(\C)CCC[C@@H](C)CCC[C@@H](C)CCCC(C)C.[CH2-]/C=C(\C)CCC[C@@H](C)CCC[C@H](C)CCCC(C)C.[CH2-]/C=C(\C)CCC[C@H](C)CCC[C@@H](C)CCCC(C)C.[CH2-]/C=C(\C)CCC[C@H](C)CCC[C@H](C)CCCC(C)C.[Y].[Y].[Y].[Y]. The van der Waals surface area contributed by atoms with Crippen LogP contribution in [0.15, 0.2) is 46.6 Å². The topological polar surface area (TPSA) is 0 Å². The largest absolute Gasteiger partial charge is 0.335 e. The summed E-state index contributed by atoms with van der Waals surface area (Å²) in [7, 11) is 0. The Labute approximate surface area is 718 Å². The molecule has 0 aliphatic carbocycles. The molecule has 0 unspecified atom stereocenters. The van der Waals surface area contributed by atoms with Gasteiger partial charge in [0.15, 0.2) is 0 Å². The third-order valence-corrected chi connectivity index (χ3v) is 18.0. The Hall–Kier alpha value is 2.86. The molecular formula is C92H184Y4-8. The molecule has 0 heterocycles. The van der Waals surface area contributed by atoms with Crippen molar-refractivity contribution in [2.75, 3.05) is 0 Å². The quantitative estimate of drug-likeness (QED) is 0.0533. The fraction of sp³-hybridized carbons (Fsp3) is 0.826. The van der Waals surface area contributed by atoms with Gasteiger partial charge in [-0.3, -0.25) is 0 Å². The summed E-state index contributed by atoms with van der Waals surface area (Å²) >= 11 is 0. The molecule has 0 aromatic carbocycles. The van der Waals surface area contributed by atoms with Crippen LogP contribution in [0.4, 0.5) is 0 Å². The molecule has 0 saturated carbocycles. The third-order valence-electron chi connectivity index (χ3n) is 18.0. The number of rotatable bonds is 48. The summed E-state index contributed by atoms with van der Waals surface area (Å²) in [4.78, 5) is 0. The maximum Gasteiger partial charge on any atom is 0 e. The molecule has 4 radical (unpaired) electrons. The van der Waals surface area contributed by atoms with Crippen LogP contribution in [-0.2, 0) is 131 Å². The van der Waals surface area contributed by atoms with Crippen molar-refractivity contribution in [3.8, 4) is 0 Å². The second kappa shape index (κ2) is 102. The molecular weight excluding hydrogens is 1460 g/mol. The van der Waals surface area contributed by atoms with Crippen LogP contribution in [0.2, 0.25) is 0 Å². The first-order valence-corrected chi connectivity index (χ1v) is 40.2. The first-order chi connectivity index (χ1) is 43.5. The smallest absolute Gasteiger partial charge is 0 e. The van der Waals surface area contributed by atoms with Crippen molar-refractivity contribution in [2.24, 2.45) is 71.0 Å². The maximum atomic E-state index is 3.83. The van der Waals surface area contributed by atoms with E-state index in [-0.39, 0.29) is 131 Å². The molecule has 0 rings (SSSR count). The van der Waals surface area contributed by atoms with E-state index in [1.54, 1.807) is 0 Å². The predicted octanol–water partition coefficient (Wildman–Crippen LogP) is 33.7. The van der Waals surface area contributed by atoms with Crippen LogP contribution in [0.1, 0.15) is 425 Å². The normalized spacial score (nSPS) is 13.8. The van der Waals surface area contributed by atoms with Crippen LogP contribution < -0.4 is 0 Å². The summed E-state index contributed by atoms with van der Waals surface area (Å²) in [6, 6.07) is 0. The van der Waals surface area contributed by atoms with Crippen LogP contribution >= 0.6 is 0 Å². The van der Waals surface area contributed by atoms with Gasteiger partial charge in [-0.25, -0.2) is 74.3 Å². The number of allylic oxidation sites excluding steroid dienone is 8. The van der Waals surface area contributed by atoms with Gasteiger partial charge in [0.25, 0.3) is 0 Å². The zero-order valence-electron chi connectivity index (χ0n) is 72.1. The van der Waals surface area contributed by atoms with Gasteiger partial charge >= 0.3 is 0 Å². The first-order valence-electron chi connectivity index (χ1n) is 40.2. The van der Waals surface area contributed by atoms with Gasteiger partial charge in [0.05, 0.1) is 0 Å². The molecule has 0 spiro atoms. The van der Waals surface area contributed by atoms with Gasteiger partial charge in [0.2, 0.25) is 0 Å². The number of hydrogen-bond donors (Lipinski definition) is 0. The molecule has 0 aliphatic heterocycles. The Morgan fingerprint density at radius 2 is 0.302 bits per heavy atom. The zero-order valence-corrected chi connectivity index (χ0v) is 83.5. The van der Waals surface area contributed by atoms with Crippen molar-refractivity contribution in [1.29, 1.82) is 0 Å². The third kappa shape index (κ3) is 130. The Morgan fingerprint density at radius 1 is 0.208 bits per heavy atom. The summed E-state index contributed by atoms with van der Waals surface area (Å²) in [5.41, 5.74) is 5.76. The average Bonchev–Trinajstić information content (AvgIpc) is 3.72. The second-order valence-electron chi connectivity index (χ2n) is 31.9. The molecule has 0 N–H and O–H groups in total. The first kappa shape index (κ1) is 125. The fourth-order valence-electron chi connectivity index (χ4n) is 11.2. The molecule has 0 bridgehead atoms. The van der Waals surface area contributed by atoms with E-state index in [9.17, 15) is 0 Å². The van der Waals surface area contributed by atoms with Gasteiger partial charge in [0, 0.05) is 131 Å². The molecule has 0 nitrogen and oxygen atoms in total. The maximum absolute atomic E-state index is 3.83. The number of hydrogen-bond acceptors (Lipinski definition) is 0. The van der Waals surface area contributed by atoms with E-state index >= 15 is 0 Å². The zero-order chi connectivity index (χ0) is 72.4.